The Bertz CT molecular complexity index is 799. The molecule has 2 aromatic rings. The molecule has 148 valence electrons. The van der Waals surface area contributed by atoms with Gasteiger partial charge in [-0.2, -0.15) is 0 Å². The van der Waals surface area contributed by atoms with Crippen molar-refractivity contribution in [3.8, 4) is 0 Å². The maximum absolute atomic E-state index is 2.45. The van der Waals surface area contributed by atoms with E-state index in [0.717, 1.165) is 0 Å². The minimum absolute atomic E-state index is 0.0414. The second-order valence-electron chi connectivity index (χ2n) is 11.7. The number of hydrogen-bond acceptors (Lipinski definition) is 0. The van der Waals surface area contributed by atoms with Gasteiger partial charge in [0.1, 0.15) is 0 Å². The number of benzene rings is 2. The molecular weight excluding hydrogens is 324 g/mol. The first-order valence-corrected chi connectivity index (χ1v) is 10.3. The molecule has 0 aliphatic heterocycles. The van der Waals surface area contributed by atoms with E-state index in [4.69, 9.17) is 0 Å². The maximum atomic E-state index is 2.45. The van der Waals surface area contributed by atoms with Crippen LogP contribution in [0, 0.1) is 0 Å². The lowest BCUT2D eigenvalue weighted by Crippen LogP contribution is -2.27. The molecule has 0 aromatic heterocycles. The van der Waals surface area contributed by atoms with Crippen LogP contribution in [0.4, 0.5) is 0 Å². The first-order valence-electron chi connectivity index (χ1n) is 10.3. The molecule has 0 unspecified atom stereocenters. The Balaban J connectivity index is 2.69. The van der Waals surface area contributed by atoms with Gasteiger partial charge in [0, 0.05) is 5.41 Å². The molecule has 0 atom stereocenters. The summed E-state index contributed by atoms with van der Waals surface area (Å²) in [6, 6.07) is 16.3. The topological polar surface area (TPSA) is 0 Å². The summed E-state index contributed by atoms with van der Waals surface area (Å²) in [6.45, 7) is 25.5. The molecule has 27 heavy (non-hydrogen) atoms. The second kappa shape index (κ2) is 6.80. The molecular formula is C27H40. The van der Waals surface area contributed by atoms with Crippen LogP contribution in [0.3, 0.4) is 0 Å². The van der Waals surface area contributed by atoms with E-state index in [0.29, 0.717) is 0 Å². The maximum Gasteiger partial charge on any atom is 0.0149 e. The van der Waals surface area contributed by atoms with Gasteiger partial charge in [0.2, 0.25) is 0 Å². The van der Waals surface area contributed by atoms with Crippen molar-refractivity contribution >= 4 is 0 Å². The van der Waals surface area contributed by atoms with E-state index >= 15 is 0 Å². The summed E-state index contributed by atoms with van der Waals surface area (Å²) in [4.78, 5) is 0. The molecule has 0 radical (unpaired) electrons. The van der Waals surface area contributed by atoms with Crippen molar-refractivity contribution < 1.29 is 0 Å². The lowest BCUT2D eigenvalue weighted by molar-refractivity contribution is 0.537. The van der Waals surface area contributed by atoms with Crippen LogP contribution in [-0.4, -0.2) is 0 Å². The van der Waals surface area contributed by atoms with Crippen molar-refractivity contribution in [3.63, 3.8) is 0 Å². The predicted molar refractivity (Wildman–Crippen MR) is 121 cm³/mol. The SMILES string of the molecule is CC(C)(C)c1cccc(C(C)(C)c2ccc(C(C)(C)C)cc2C(C)(C)C)c1. The smallest absolute Gasteiger partial charge is 0.0149 e. The zero-order chi connectivity index (χ0) is 20.8. The molecule has 0 amide bonds. The van der Waals surface area contributed by atoms with Gasteiger partial charge in [0.15, 0.2) is 0 Å². The highest BCUT2D eigenvalue weighted by molar-refractivity contribution is 5.48. The predicted octanol–water partition coefficient (Wildman–Crippen LogP) is 7.91. The lowest BCUT2D eigenvalue weighted by atomic mass is 9.69. The Morgan fingerprint density at radius 2 is 0.926 bits per heavy atom. The third kappa shape index (κ3) is 4.65. The Hall–Kier alpha value is -1.56. The third-order valence-corrected chi connectivity index (χ3v) is 5.82. The highest BCUT2D eigenvalue weighted by atomic mass is 14.4. The summed E-state index contributed by atoms with van der Waals surface area (Å²) >= 11 is 0. The van der Waals surface area contributed by atoms with E-state index in [9.17, 15) is 0 Å². The van der Waals surface area contributed by atoms with Crippen LogP contribution < -0.4 is 0 Å². The van der Waals surface area contributed by atoms with E-state index in [1.54, 1.807) is 0 Å². The van der Waals surface area contributed by atoms with Crippen LogP contribution in [0.1, 0.15) is 104 Å². The summed E-state index contributed by atoms with van der Waals surface area (Å²) < 4.78 is 0. The van der Waals surface area contributed by atoms with Crippen LogP contribution in [0.15, 0.2) is 42.5 Å². The zero-order valence-electron chi connectivity index (χ0n) is 19.5. The Morgan fingerprint density at radius 3 is 1.41 bits per heavy atom. The van der Waals surface area contributed by atoms with Crippen molar-refractivity contribution in [2.75, 3.05) is 0 Å². The molecule has 0 aliphatic carbocycles. The van der Waals surface area contributed by atoms with Crippen LogP contribution in [0.2, 0.25) is 0 Å². The average molecular weight is 365 g/mol. The molecule has 2 rings (SSSR count). The minimum Gasteiger partial charge on any atom is -0.0617 e. The molecule has 0 saturated heterocycles. The standard InChI is InChI=1S/C27H40/c1-24(2,3)19-13-12-14-21(17-19)27(10,11)22-16-15-20(25(4,5)6)18-23(22)26(7,8)9/h12-18H,1-11H3. The van der Waals surface area contributed by atoms with E-state index < -0.39 is 0 Å². The summed E-state index contributed by atoms with van der Waals surface area (Å²) in [5.41, 5.74) is 7.49. The Kier molecular flexibility index (Phi) is 5.47. The van der Waals surface area contributed by atoms with Crippen molar-refractivity contribution in [3.05, 3.63) is 70.3 Å². The van der Waals surface area contributed by atoms with E-state index in [1.807, 2.05) is 0 Å². The molecule has 2 aromatic carbocycles. The molecule has 0 saturated carbocycles. The zero-order valence-corrected chi connectivity index (χ0v) is 19.5. The van der Waals surface area contributed by atoms with Gasteiger partial charge in [-0.1, -0.05) is 119 Å². The highest BCUT2D eigenvalue weighted by Crippen LogP contribution is 2.41. The summed E-state index contributed by atoms with van der Waals surface area (Å²) in [5, 5.41) is 0. The molecule has 0 heteroatoms. The monoisotopic (exact) mass is 364 g/mol. The summed E-state index contributed by atoms with van der Waals surface area (Å²) in [5.74, 6) is 0. The number of rotatable bonds is 2. The van der Waals surface area contributed by atoms with Gasteiger partial charge in [-0.25, -0.2) is 0 Å². The second-order valence-corrected chi connectivity index (χ2v) is 11.7. The minimum atomic E-state index is -0.0414. The van der Waals surface area contributed by atoms with Crippen molar-refractivity contribution in [2.45, 2.75) is 97.8 Å². The molecule has 0 heterocycles. The quantitative estimate of drug-likeness (QED) is 0.508. The van der Waals surface area contributed by atoms with Gasteiger partial charge in [-0.05, 0) is 44.1 Å². The van der Waals surface area contributed by atoms with Crippen LogP contribution in [0.5, 0.6) is 0 Å². The summed E-state index contributed by atoms with van der Waals surface area (Å²) in [6.07, 6.45) is 0. The first kappa shape index (κ1) is 21.7. The molecule has 0 N–H and O–H groups in total. The first-order chi connectivity index (χ1) is 12.0. The van der Waals surface area contributed by atoms with Gasteiger partial charge in [0.25, 0.3) is 0 Å². The average Bonchev–Trinajstić information content (AvgIpc) is 2.52. The van der Waals surface area contributed by atoms with Crippen LogP contribution in [0.25, 0.3) is 0 Å². The molecule has 0 nitrogen and oxygen atoms in total. The van der Waals surface area contributed by atoms with E-state index in [2.05, 4.69) is 119 Å². The van der Waals surface area contributed by atoms with E-state index in [1.165, 1.54) is 27.8 Å². The van der Waals surface area contributed by atoms with Gasteiger partial charge in [-0.15, -0.1) is 0 Å². The highest BCUT2D eigenvalue weighted by Gasteiger charge is 2.31. The summed E-state index contributed by atoms with van der Waals surface area (Å²) in [7, 11) is 0. The normalized spacial score (nSPS) is 13.7. The molecule has 0 fully saturated rings. The van der Waals surface area contributed by atoms with Crippen molar-refractivity contribution in [1.29, 1.82) is 0 Å². The molecule has 0 aliphatic rings. The van der Waals surface area contributed by atoms with Crippen LogP contribution in [-0.2, 0) is 21.7 Å². The van der Waals surface area contributed by atoms with Crippen molar-refractivity contribution in [2.24, 2.45) is 0 Å². The largest absolute Gasteiger partial charge is 0.0617 e. The van der Waals surface area contributed by atoms with Gasteiger partial charge in [-0.3, -0.25) is 0 Å². The Morgan fingerprint density at radius 1 is 0.444 bits per heavy atom. The molecule has 0 bridgehead atoms. The van der Waals surface area contributed by atoms with Crippen LogP contribution >= 0.6 is 0 Å². The Labute approximate surface area is 168 Å². The number of hydrogen-bond donors (Lipinski definition) is 0. The van der Waals surface area contributed by atoms with Crippen molar-refractivity contribution in [1.82, 2.24) is 0 Å². The third-order valence-electron chi connectivity index (χ3n) is 5.82. The molecule has 0 spiro atoms. The van der Waals surface area contributed by atoms with E-state index in [-0.39, 0.29) is 21.7 Å². The fourth-order valence-electron chi connectivity index (χ4n) is 3.71. The fourth-order valence-corrected chi connectivity index (χ4v) is 3.71. The fraction of sp³-hybridized carbons (Fsp3) is 0.556. The van der Waals surface area contributed by atoms with Gasteiger partial charge >= 0.3 is 0 Å². The lowest BCUT2D eigenvalue weighted by Gasteiger charge is -2.35. The van der Waals surface area contributed by atoms with Gasteiger partial charge < -0.3 is 0 Å². The van der Waals surface area contributed by atoms with Gasteiger partial charge in [0.05, 0.1) is 0 Å².